The molecule has 0 fully saturated rings. The number of esters is 3. The van der Waals surface area contributed by atoms with Crippen LogP contribution in [0.1, 0.15) is 335 Å². The van der Waals surface area contributed by atoms with E-state index in [9.17, 15) is 14.4 Å². The van der Waals surface area contributed by atoms with Gasteiger partial charge in [-0.1, -0.05) is 313 Å². The lowest BCUT2D eigenvalue weighted by atomic mass is 10.0. The number of rotatable bonds is 59. The van der Waals surface area contributed by atoms with E-state index in [4.69, 9.17) is 14.2 Å². The van der Waals surface area contributed by atoms with Gasteiger partial charge in [0.25, 0.3) is 0 Å². The van der Waals surface area contributed by atoms with Gasteiger partial charge in [0.05, 0.1) is 0 Å². The van der Waals surface area contributed by atoms with Crippen LogP contribution in [-0.4, -0.2) is 37.2 Å². The van der Waals surface area contributed by atoms with Crippen molar-refractivity contribution in [1.82, 2.24) is 0 Å². The fourth-order valence-electron chi connectivity index (χ4n) is 9.47. The predicted molar refractivity (Wildman–Crippen MR) is 321 cm³/mol. The lowest BCUT2D eigenvalue weighted by molar-refractivity contribution is -0.167. The molecule has 1 atom stereocenters. The van der Waals surface area contributed by atoms with E-state index in [0.717, 1.165) is 96.3 Å². The molecule has 0 aromatic carbocycles. The zero-order valence-corrected chi connectivity index (χ0v) is 49.4. The molecule has 0 heterocycles. The van der Waals surface area contributed by atoms with Crippen LogP contribution in [0.2, 0.25) is 0 Å². The summed E-state index contributed by atoms with van der Waals surface area (Å²) in [5.41, 5.74) is 0. The van der Waals surface area contributed by atoms with Gasteiger partial charge in [-0.05, 0) is 64.2 Å². The van der Waals surface area contributed by atoms with Crippen LogP contribution in [0.15, 0.2) is 60.8 Å². The molecule has 0 saturated carbocycles. The highest BCUT2D eigenvalue weighted by atomic mass is 16.6. The Kier molecular flexibility index (Phi) is 60.2. The average molecular weight is 1040 g/mol. The van der Waals surface area contributed by atoms with E-state index in [2.05, 4.69) is 81.5 Å². The van der Waals surface area contributed by atoms with E-state index in [-0.39, 0.29) is 31.1 Å². The van der Waals surface area contributed by atoms with E-state index in [1.165, 1.54) is 199 Å². The second kappa shape index (κ2) is 62.6. The standard InChI is InChI=1S/C68H122O6/c1-4-7-10-13-16-19-22-24-26-28-30-31-32-33-34-35-36-37-39-40-42-44-46-49-52-55-58-61-67(70)73-64-65(63-72-66(69)60-57-54-51-48-21-18-15-12-9-6-3)74-68(71)62-59-56-53-50-47-45-43-41-38-29-27-25-23-20-17-14-11-8-5-2/h8,11,17,20,25,27,38,41,45,47,65H,4-7,9-10,12-16,18-19,21-24,26,28-37,39-40,42-44,46,48-64H2,1-3H3/b11-8-,20-17-,27-25-,41-38-,47-45-. The van der Waals surface area contributed by atoms with E-state index in [0.29, 0.717) is 19.3 Å². The molecule has 0 aliphatic rings. The third-order valence-corrected chi connectivity index (χ3v) is 14.3. The maximum atomic E-state index is 12.9. The Balaban J connectivity index is 4.20. The van der Waals surface area contributed by atoms with Gasteiger partial charge in [0.2, 0.25) is 0 Å². The van der Waals surface area contributed by atoms with Gasteiger partial charge in [0, 0.05) is 19.3 Å². The molecule has 0 aliphatic heterocycles. The molecule has 0 N–H and O–H groups in total. The summed E-state index contributed by atoms with van der Waals surface area (Å²) in [6.45, 7) is 6.53. The van der Waals surface area contributed by atoms with Crippen LogP contribution in [-0.2, 0) is 28.6 Å². The zero-order chi connectivity index (χ0) is 53.6. The molecule has 0 aliphatic carbocycles. The average Bonchev–Trinajstić information content (AvgIpc) is 3.40. The van der Waals surface area contributed by atoms with Crippen molar-refractivity contribution in [1.29, 1.82) is 0 Å². The summed E-state index contributed by atoms with van der Waals surface area (Å²) in [7, 11) is 0. The van der Waals surface area contributed by atoms with E-state index < -0.39 is 6.10 Å². The van der Waals surface area contributed by atoms with Gasteiger partial charge in [-0.3, -0.25) is 14.4 Å². The monoisotopic (exact) mass is 1030 g/mol. The van der Waals surface area contributed by atoms with Crippen LogP contribution in [0.5, 0.6) is 0 Å². The van der Waals surface area contributed by atoms with E-state index in [1.807, 2.05) is 0 Å². The number of hydrogen-bond acceptors (Lipinski definition) is 6. The number of carbonyl (C=O) groups is 3. The maximum absolute atomic E-state index is 12.9. The van der Waals surface area contributed by atoms with Crippen LogP contribution in [0, 0.1) is 0 Å². The van der Waals surface area contributed by atoms with Gasteiger partial charge >= 0.3 is 17.9 Å². The Morgan fingerprint density at radius 1 is 0.284 bits per heavy atom. The highest BCUT2D eigenvalue weighted by molar-refractivity contribution is 5.71. The normalized spacial score (nSPS) is 12.4. The number of ether oxygens (including phenoxy) is 3. The molecule has 0 bridgehead atoms. The summed E-state index contributed by atoms with van der Waals surface area (Å²) in [5, 5.41) is 0. The molecule has 0 radical (unpaired) electrons. The predicted octanol–water partition coefficient (Wildman–Crippen LogP) is 21.9. The van der Waals surface area contributed by atoms with Gasteiger partial charge in [0.15, 0.2) is 6.10 Å². The first kappa shape index (κ1) is 71.1. The minimum Gasteiger partial charge on any atom is -0.462 e. The van der Waals surface area contributed by atoms with Crippen molar-refractivity contribution in [2.75, 3.05) is 13.2 Å². The fourth-order valence-corrected chi connectivity index (χ4v) is 9.47. The smallest absolute Gasteiger partial charge is 0.306 e. The second-order valence-corrected chi connectivity index (χ2v) is 21.7. The van der Waals surface area contributed by atoms with Crippen molar-refractivity contribution in [3.63, 3.8) is 0 Å². The van der Waals surface area contributed by atoms with Gasteiger partial charge < -0.3 is 14.2 Å². The van der Waals surface area contributed by atoms with Gasteiger partial charge in [-0.25, -0.2) is 0 Å². The molecule has 0 rings (SSSR count). The van der Waals surface area contributed by atoms with Crippen LogP contribution in [0.4, 0.5) is 0 Å². The minimum atomic E-state index is -0.789. The Bertz CT molecular complexity index is 1330. The Morgan fingerprint density at radius 2 is 0.527 bits per heavy atom. The molecule has 0 saturated heterocycles. The first-order valence-electron chi connectivity index (χ1n) is 32.3. The lowest BCUT2D eigenvalue weighted by Crippen LogP contribution is -2.30. The third-order valence-electron chi connectivity index (χ3n) is 14.3. The van der Waals surface area contributed by atoms with Crippen molar-refractivity contribution in [2.45, 2.75) is 341 Å². The summed E-state index contributed by atoms with van der Waals surface area (Å²) in [4.78, 5) is 38.2. The van der Waals surface area contributed by atoms with Gasteiger partial charge in [-0.15, -0.1) is 0 Å². The molecule has 1 unspecified atom stereocenters. The molecule has 6 heteroatoms. The number of hydrogen-bond donors (Lipinski definition) is 0. The quantitative estimate of drug-likeness (QED) is 0.0261. The van der Waals surface area contributed by atoms with Crippen molar-refractivity contribution >= 4 is 17.9 Å². The van der Waals surface area contributed by atoms with E-state index >= 15 is 0 Å². The van der Waals surface area contributed by atoms with Crippen LogP contribution < -0.4 is 0 Å². The van der Waals surface area contributed by atoms with E-state index in [1.54, 1.807) is 0 Å². The summed E-state index contributed by atoms with van der Waals surface area (Å²) < 4.78 is 16.9. The lowest BCUT2D eigenvalue weighted by Gasteiger charge is -2.18. The molecule has 6 nitrogen and oxygen atoms in total. The first-order chi connectivity index (χ1) is 36.5. The molecule has 430 valence electrons. The third kappa shape index (κ3) is 60.0. The Morgan fingerprint density at radius 3 is 0.824 bits per heavy atom. The summed E-state index contributed by atoms with van der Waals surface area (Å²) in [5.74, 6) is -0.901. The second-order valence-electron chi connectivity index (χ2n) is 21.7. The molecule has 0 aromatic heterocycles. The summed E-state index contributed by atoms with van der Waals surface area (Å²) in [6, 6.07) is 0. The SMILES string of the molecule is CC/C=C\C/C=C\C/C=C\C/C=C\C/C=C\CCCCCC(=O)OC(COC(=O)CCCCCCCCCCCC)COC(=O)CCCCCCCCCCCCCCCCCCCCCCCCCCCCC. The van der Waals surface area contributed by atoms with Crippen LogP contribution in [0.25, 0.3) is 0 Å². The number of unbranched alkanes of at least 4 members (excludes halogenated alkanes) is 38. The highest BCUT2D eigenvalue weighted by Gasteiger charge is 2.19. The van der Waals surface area contributed by atoms with Gasteiger partial charge in [0.1, 0.15) is 13.2 Å². The first-order valence-corrected chi connectivity index (χ1v) is 32.3. The molecular formula is C68H122O6. The summed E-state index contributed by atoms with van der Waals surface area (Å²) in [6.07, 6.45) is 79.6. The largest absolute Gasteiger partial charge is 0.462 e. The Labute approximate surface area is 460 Å². The van der Waals surface area contributed by atoms with Crippen LogP contribution >= 0.6 is 0 Å². The highest BCUT2D eigenvalue weighted by Crippen LogP contribution is 2.18. The number of allylic oxidation sites excluding steroid dienone is 10. The van der Waals surface area contributed by atoms with Gasteiger partial charge in [-0.2, -0.15) is 0 Å². The van der Waals surface area contributed by atoms with Crippen molar-refractivity contribution < 1.29 is 28.6 Å². The molecule has 0 aromatic rings. The molecular weight excluding hydrogens is 913 g/mol. The molecule has 74 heavy (non-hydrogen) atoms. The summed E-state index contributed by atoms with van der Waals surface area (Å²) >= 11 is 0. The number of carbonyl (C=O) groups excluding carboxylic acids is 3. The molecule has 0 spiro atoms. The zero-order valence-electron chi connectivity index (χ0n) is 49.4. The fraction of sp³-hybridized carbons (Fsp3) is 0.809. The maximum Gasteiger partial charge on any atom is 0.306 e. The topological polar surface area (TPSA) is 78.9 Å². The van der Waals surface area contributed by atoms with Crippen molar-refractivity contribution in [3.8, 4) is 0 Å². The molecule has 0 amide bonds. The van der Waals surface area contributed by atoms with Crippen LogP contribution in [0.3, 0.4) is 0 Å². The minimum absolute atomic E-state index is 0.0836. The van der Waals surface area contributed by atoms with Crippen molar-refractivity contribution in [3.05, 3.63) is 60.8 Å². The van der Waals surface area contributed by atoms with Crippen molar-refractivity contribution in [2.24, 2.45) is 0 Å². The Hall–Kier alpha value is -2.89.